The molecule has 1 fully saturated rings. The summed E-state index contributed by atoms with van der Waals surface area (Å²) >= 11 is 0. The third-order valence-corrected chi connectivity index (χ3v) is 3.76. The quantitative estimate of drug-likeness (QED) is 0.811. The van der Waals surface area contributed by atoms with E-state index in [4.69, 9.17) is 0 Å². The first kappa shape index (κ1) is 13.3. The molecule has 1 atom stereocenters. The summed E-state index contributed by atoms with van der Waals surface area (Å²) < 4.78 is 0. The molecule has 0 spiro atoms. The lowest BCUT2D eigenvalue weighted by molar-refractivity contribution is 0.160. The second-order valence-electron chi connectivity index (χ2n) is 5.33. The number of hydrogen-bond acceptors (Lipinski definition) is 3. The molecule has 100 valence electrons. The molecule has 1 aliphatic rings. The minimum Gasteiger partial charge on any atom is -0.370 e. The fourth-order valence-electron chi connectivity index (χ4n) is 2.63. The highest BCUT2D eigenvalue weighted by molar-refractivity contribution is 5.34. The summed E-state index contributed by atoms with van der Waals surface area (Å²) in [5.41, 5.74) is 1.07. The average Bonchev–Trinajstić information content (AvgIpc) is 2.37. The third kappa shape index (κ3) is 3.98. The van der Waals surface area contributed by atoms with Crippen molar-refractivity contribution in [3.05, 3.63) is 23.9 Å². The number of likely N-dealkylation sites (tertiary alicyclic amines) is 1. The minimum absolute atomic E-state index is 0.774. The molecule has 1 aliphatic heterocycles. The highest BCUT2D eigenvalue weighted by atomic mass is 15.2. The number of aromatic nitrogens is 1. The van der Waals surface area contributed by atoms with Gasteiger partial charge >= 0.3 is 0 Å². The van der Waals surface area contributed by atoms with Crippen LogP contribution in [0.5, 0.6) is 0 Å². The maximum atomic E-state index is 4.45. The van der Waals surface area contributed by atoms with Gasteiger partial charge in [0.1, 0.15) is 5.82 Å². The van der Waals surface area contributed by atoms with E-state index in [9.17, 15) is 0 Å². The van der Waals surface area contributed by atoms with Crippen LogP contribution in [-0.2, 0) is 0 Å². The summed E-state index contributed by atoms with van der Waals surface area (Å²) in [6.07, 6.45) is 5.34. The minimum atomic E-state index is 0.774. The highest BCUT2D eigenvalue weighted by Crippen LogP contribution is 2.16. The Morgan fingerprint density at radius 2 is 2.28 bits per heavy atom. The van der Waals surface area contributed by atoms with E-state index in [0.29, 0.717) is 0 Å². The van der Waals surface area contributed by atoms with Gasteiger partial charge in [-0.25, -0.2) is 4.98 Å². The number of anilines is 1. The molecule has 0 aliphatic carbocycles. The lowest BCUT2D eigenvalue weighted by Crippen LogP contribution is -2.38. The number of nitrogens with zero attached hydrogens (tertiary/aromatic N) is 2. The molecular formula is C15H25N3. The molecule has 2 heterocycles. The number of aryl methyl sites for hydroxylation is 1. The van der Waals surface area contributed by atoms with Crippen molar-refractivity contribution in [3.8, 4) is 0 Å². The van der Waals surface area contributed by atoms with Crippen molar-refractivity contribution < 1.29 is 0 Å². The van der Waals surface area contributed by atoms with Crippen LogP contribution in [0.15, 0.2) is 18.2 Å². The molecule has 2 rings (SSSR count). The number of hydrogen-bond donors (Lipinski definition) is 1. The third-order valence-electron chi connectivity index (χ3n) is 3.76. The summed E-state index contributed by atoms with van der Waals surface area (Å²) in [7, 11) is 0. The first-order chi connectivity index (χ1) is 8.75. The van der Waals surface area contributed by atoms with Crippen LogP contribution < -0.4 is 5.32 Å². The molecule has 0 bridgehead atoms. The molecule has 1 N–H and O–H groups in total. The molecule has 1 aromatic rings. The Bertz CT molecular complexity index is 365. The number of rotatable bonds is 5. The number of pyridine rings is 1. The van der Waals surface area contributed by atoms with Crippen molar-refractivity contribution in [2.24, 2.45) is 0 Å². The van der Waals surface area contributed by atoms with E-state index in [2.05, 4.69) is 28.2 Å². The lowest BCUT2D eigenvalue weighted by atomic mass is 10.0. The van der Waals surface area contributed by atoms with Gasteiger partial charge in [-0.2, -0.15) is 0 Å². The van der Waals surface area contributed by atoms with Gasteiger partial charge in [0.2, 0.25) is 0 Å². The Hall–Kier alpha value is -1.09. The molecule has 18 heavy (non-hydrogen) atoms. The van der Waals surface area contributed by atoms with Gasteiger partial charge in [0, 0.05) is 24.8 Å². The molecule has 3 heteroatoms. The van der Waals surface area contributed by atoms with Crippen molar-refractivity contribution in [3.63, 3.8) is 0 Å². The van der Waals surface area contributed by atoms with Gasteiger partial charge in [0.25, 0.3) is 0 Å². The molecule has 1 aromatic heterocycles. The van der Waals surface area contributed by atoms with E-state index in [1.807, 2.05) is 19.1 Å². The van der Waals surface area contributed by atoms with E-state index in [0.717, 1.165) is 24.1 Å². The molecular weight excluding hydrogens is 222 g/mol. The SMILES string of the molecule is Cc1cccc(NCCCN2CCCCC2C)n1. The average molecular weight is 247 g/mol. The first-order valence-electron chi connectivity index (χ1n) is 7.17. The summed E-state index contributed by atoms with van der Waals surface area (Å²) in [5.74, 6) is 1.00. The zero-order valence-corrected chi connectivity index (χ0v) is 11.7. The Balaban J connectivity index is 1.66. The first-order valence-corrected chi connectivity index (χ1v) is 7.17. The van der Waals surface area contributed by atoms with Crippen molar-refractivity contribution in [1.29, 1.82) is 0 Å². The van der Waals surface area contributed by atoms with Crippen LogP contribution >= 0.6 is 0 Å². The Kier molecular flexibility index (Phi) is 5.00. The van der Waals surface area contributed by atoms with Gasteiger partial charge in [0.05, 0.1) is 0 Å². The normalized spacial score (nSPS) is 20.9. The molecule has 0 saturated carbocycles. The Morgan fingerprint density at radius 1 is 1.39 bits per heavy atom. The number of piperidine rings is 1. The van der Waals surface area contributed by atoms with Gasteiger partial charge in [-0.15, -0.1) is 0 Å². The van der Waals surface area contributed by atoms with Gasteiger partial charge in [-0.3, -0.25) is 0 Å². The van der Waals surface area contributed by atoms with Crippen LogP contribution in [0.25, 0.3) is 0 Å². The fraction of sp³-hybridized carbons (Fsp3) is 0.667. The second kappa shape index (κ2) is 6.74. The van der Waals surface area contributed by atoms with E-state index in [1.54, 1.807) is 0 Å². The lowest BCUT2D eigenvalue weighted by Gasteiger charge is -2.33. The molecule has 0 radical (unpaired) electrons. The number of nitrogens with one attached hydrogen (secondary N) is 1. The van der Waals surface area contributed by atoms with E-state index >= 15 is 0 Å². The molecule has 0 amide bonds. The highest BCUT2D eigenvalue weighted by Gasteiger charge is 2.16. The van der Waals surface area contributed by atoms with E-state index in [-0.39, 0.29) is 0 Å². The van der Waals surface area contributed by atoms with Crippen LogP contribution in [0.3, 0.4) is 0 Å². The van der Waals surface area contributed by atoms with Crippen molar-refractivity contribution in [2.45, 2.75) is 45.6 Å². The summed E-state index contributed by atoms with van der Waals surface area (Å²) in [4.78, 5) is 7.07. The van der Waals surface area contributed by atoms with Crippen LogP contribution in [0.2, 0.25) is 0 Å². The smallest absolute Gasteiger partial charge is 0.126 e. The maximum Gasteiger partial charge on any atom is 0.126 e. The Labute approximate surface area is 111 Å². The van der Waals surface area contributed by atoms with Crippen LogP contribution in [-0.4, -0.2) is 35.6 Å². The molecule has 1 unspecified atom stereocenters. The molecule has 3 nitrogen and oxygen atoms in total. The van der Waals surface area contributed by atoms with Gasteiger partial charge in [-0.05, 0) is 51.8 Å². The van der Waals surface area contributed by atoms with Crippen LogP contribution in [0.4, 0.5) is 5.82 Å². The Morgan fingerprint density at radius 3 is 3.06 bits per heavy atom. The second-order valence-corrected chi connectivity index (χ2v) is 5.33. The standard InChI is InChI=1S/C15H25N3/c1-13-7-5-9-15(17-13)16-10-6-12-18-11-4-3-8-14(18)2/h5,7,9,14H,3-4,6,8,10-12H2,1-2H3,(H,16,17). The maximum absolute atomic E-state index is 4.45. The van der Waals surface area contributed by atoms with Gasteiger partial charge in [0.15, 0.2) is 0 Å². The largest absolute Gasteiger partial charge is 0.370 e. The fourth-order valence-corrected chi connectivity index (χ4v) is 2.63. The van der Waals surface area contributed by atoms with E-state index in [1.165, 1.54) is 38.8 Å². The van der Waals surface area contributed by atoms with Crippen molar-refractivity contribution in [1.82, 2.24) is 9.88 Å². The zero-order valence-electron chi connectivity index (χ0n) is 11.7. The predicted octanol–water partition coefficient (Wildman–Crippen LogP) is 3.07. The monoisotopic (exact) mass is 247 g/mol. The van der Waals surface area contributed by atoms with Gasteiger partial charge in [-0.1, -0.05) is 12.5 Å². The predicted molar refractivity (Wildman–Crippen MR) is 77.0 cm³/mol. The van der Waals surface area contributed by atoms with Crippen molar-refractivity contribution >= 4 is 5.82 Å². The summed E-state index contributed by atoms with van der Waals surface area (Å²) in [6, 6.07) is 6.89. The van der Waals surface area contributed by atoms with E-state index < -0.39 is 0 Å². The summed E-state index contributed by atoms with van der Waals surface area (Å²) in [6.45, 7) is 7.89. The zero-order chi connectivity index (χ0) is 12.8. The van der Waals surface area contributed by atoms with Gasteiger partial charge < -0.3 is 10.2 Å². The molecule has 0 aromatic carbocycles. The molecule has 1 saturated heterocycles. The van der Waals surface area contributed by atoms with Crippen LogP contribution in [0.1, 0.15) is 38.3 Å². The van der Waals surface area contributed by atoms with Crippen molar-refractivity contribution in [2.75, 3.05) is 25.0 Å². The topological polar surface area (TPSA) is 28.2 Å². The summed E-state index contributed by atoms with van der Waals surface area (Å²) in [5, 5.41) is 3.40. The van der Waals surface area contributed by atoms with Crippen LogP contribution in [0, 0.1) is 6.92 Å².